The van der Waals surface area contributed by atoms with Crippen molar-refractivity contribution in [1.29, 1.82) is 0 Å². The molecule has 0 saturated carbocycles. The topological polar surface area (TPSA) is 44.5 Å². The van der Waals surface area contributed by atoms with Crippen LogP contribution in [-0.4, -0.2) is 63.5 Å². The van der Waals surface area contributed by atoms with Crippen LogP contribution in [-0.2, 0) is 6.54 Å². The number of aromatic nitrogens is 2. The maximum atomic E-state index is 9.50. The van der Waals surface area contributed by atoms with Gasteiger partial charge in [-0.25, -0.2) is 4.68 Å². The Balaban J connectivity index is 1.62. The highest BCUT2D eigenvalue weighted by Gasteiger charge is 2.29. The van der Waals surface area contributed by atoms with Crippen molar-refractivity contribution in [3.8, 4) is 5.69 Å². The number of aryl methyl sites for hydroxylation is 1. The number of hydrogen-bond donors (Lipinski definition) is 1. The molecule has 1 aromatic carbocycles. The molecule has 0 unspecified atom stereocenters. The summed E-state index contributed by atoms with van der Waals surface area (Å²) in [6.45, 7) is 14.3. The lowest BCUT2D eigenvalue weighted by molar-refractivity contribution is 0.0340. The Morgan fingerprint density at radius 3 is 2.56 bits per heavy atom. The molecule has 2 heterocycles. The maximum absolute atomic E-state index is 9.50. The molecule has 5 nitrogen and oxygen atoms in total. The van der Waals surface area contributed by atoms with Gasteiger partial charge in [0.05, 0.1) is 11.9 Å². The van der Waals surface area contributed by atoms with Gasteiger partial charge in [-0.3, -0.25) is 9.80 Å². The van der Waals surface area contributed by atoms with Gasteiger partial charge < -0.3 is 5.11 Å². The van der Waals surface area contributed by atoms with Crippen LogP contribution >= 0.6 is 0 Å². The summed E-state index contributed by atoms with van der Waals surface area (Å²) in [5, 5.41) is 14.0. The quantitative estimate of drug-likeness (QED) is 0.849. The van der Waals surface area contributed by atoms with Crippen LogP contribution in [0, 0.1) is 12.3 Å². The highest BCUT2D eigenvalue weighted by atomic mass is 16.3. The molecule has 1 N–H and O–H groups in total. The molecule has 3 rings (SSSR count). The number of hydrogen-bond acceptors (Lipinski definition) is 4. The first-order valence-electron chi connectivity index (χ1n) is 10.0. The highest BCUT2D eigenvalue weighted by Crippen LogP contribution is 2.22. The van der Waals surface area contributed by atoms with Crippen molar-refractivity contribution in [2.75, 3.05) is 32.8 Å². The second-order valence-electron chi connectivity index (χ2n) is 9.06. The van der Waals surface area contributed by atoms with Crippen molar-refractivity contribution in [3.05, 3.63) is 47.8 Å². The van der Waals surface area contributed by atoms with Crippen molar-refractivity contribution >= 4 is 0 Å². The van der Waals surface area contributed by atoms with E-state index >= 15 is 0 Å². The molecule has 0 amide bonds. The van der Waals surface area contributed by atoms with Gasteiger partial charge in [-0.2, -0.15) is 5.10 Å². The normalized spacial score (nSPS) is 19.5. The van der Waals surface area contributed by atoms with Gasteiger partial charge >= 0.3 is 0 Å². The standard InChI is InChI=1S/C22H34N4O/c1-18-5-7-20(8-6-18)26-15-19(13-23-26)14-24-10-11-25(17-22(2,3)4)21(16-24)9-12-27/h5-8,13,15,21,27H,9-12,14,16-17H2,1-4H3/t21-/m1/s1. The first-order valence-corrected chi connectivity index (χ1v) is 10.0. The van der Waals surface area contributed by atoms with E-state index < -0.39 is 0 Å². The lowest BCUT2D eigenvalue weighted by Gasteiger charge is -2.43. The third-order valence-corrected chi connectivity index (χ3v) is 5.17. The second kappa shape index (κ2) is 8.55. The number of aliphatic hydroxyl groups is 1. The lowest BCUT2D eigenvalue weighted by atomic mass is 9.94. The summed E-state index contributed by atoms with van der Waals surface area (Å²) in [7, 11) is 0. The Labute approximate surface area is 163 Å². The van der Waals surface area contributed by atoms with Crippen LogP contribution in [0.5, 0.6) is 0 Å². The molecule has 2 aromatic rings. The molecular weight excluding hydrogens is 336 g/mol. The Hall–Kier alpha value is -1.69. The molecule has 1 aromatic heterocycles. The van der Waals surface area contributed by atoms with Gasteiger partial charge in [-0.1, -0.05) is 38.5 Å². The van der Waals surface area contributed by atoms with Crippen molar-refractivity contribution in [2.24, 2.45) is 5.41 Å². The summed E-state index contributed by atoms with van der Waals surface area (Å²) in [4.78, 5) is 5.05. The van der Waals surface area contributed by atoms with E-state index in [1.165, 1.54) is 11.1 Å². The predicted molar refractivity (Wildman–Crippen MR) is 110 cm³/mol. The van der Waals surface area contributed by atoms with Gasteiger partial charge in [0.2, 0.25) is 0 Å². The summed E-state index contributed by atoms with van der Waals surface area (Å²) >= 11 is 0. The molecule has 0 radical (unpaired) electrons. The van der Waals surface area contributed by atoms with E-state index in [0.717, 1.165) is 44.8 Å². The zero-order valence-corrected chi connectivity index (χ0v) is 17.2. The summed E-state index contributed by atoms with van der Waals surface area (Å²) in [6.07, 6.45) is 4.95. The van der Waals surface area contributed by atoms with E-state index in [0.29, 0.717) is 6.04 Å². The van der Waals surface area contributed by atoms with E-state index in [4.69, 9.17) is 0 Å². The number of rotatable bonds is 6. The molecule has 1 aliphatic heterocycles. The van der Waals surface area contributed by atoms with Crippen molar-refractivity contribution in [2.45, 2.75) is 46.7 Å². The minimum atomic E-state index is 0.254. The van der Waals surface area contributed by atoms with Crippen LogP contribution in [0.1, 0.15) is 38.3 Å². The van der Waals surface area contributed by atoms with Crippen LogP contribution in [0.3, 0.4) is 0 Å². The molecule has 0 spiro atoms. The minimum Gasteiger partial charge on any atom is -0.396 e. The molecule has 1 saturated heterocycles. The van der Waals surface area contributed by atoms with Gasteiger partial charge in [0.25, 0.3) is 0 Å². The monoisotopic (exact) mass is 370 g/mol. The van der Waals surface area contributed by atoms with Crippen LogP contribution < -0.4 is 0 Å². The Morgan fingerprint density at radius 1 is 1.15 bits per heavy atom. The van der Waals surface area contributed by atoms with Crippen LogP contribution in [0.15, 0.2) is 36.7 Å². The van der Waals surface area contributed by atoms with E-state index in [1.807, 2.05) is 10.9 Å². The third-order valence-electron chi connectivity index (χ3n) is 5.17. The zero-order valence-electron chi connectivity index (χ0n) is 17.2. The number of nitrogens with zero attached hydrogens (tertiary/aromatic N) is 4. The van der Waals surface area contributed by atoms with Crippen LogP contribution in [0.4, 0.5) is 0 Å². The van der Waals surface area contributed by atoms with E-state index in [-0.39, 0.29) is 12.0 Å². The van der Waals surface area contributed by atoms with Gasteiger partial charge in [0.15, 0.2) is 0 Å². The maximum Gasteiger partial charge on any atom is 0.0645 e. The van der Waals surface area contributed by atoms with Crippen LogP contribution in [0.2, 0.25) is 0 Å². The smallest absolute Gasteiger partial charge is 0.0645 e. The van der Waals surface area contributed by atoms with Gasteiger partial charge in [-0.05, 0) is 30.9 Å². The molecule has 1 atom stereocenters. The molecule has 1 aliphatic rings. The van der Waals surface area contributed by atoms with E-state index in [1.54, 1.807) is 0 Å². The number of aliphatic hydroxyl groups excluding tert-OH is 1. The fourth-order valence-electron chi connectivity index (χ4n) is 3.88. The first kappa shape index (κ1) is 20.1. The number of piperazine rings is 1. The van der Waals surface area contributed by atoms with Crippen molar-refractivity contribution in [3.63, 3.8) is 0 Å². The molecular formula is C22H34N4O. The van der Waals surface area contributed by atoms with Crippen LogP contribution in [0.25, 0.3) is 5.69 Å². The molecule has 148 valence electrons. The predicted octanol–water partition coefficient (Wildman–Crippen LogP) is 3.10. The number of benzene rings is 1. The van der Waals surface area contributed by atoms with Crippen molar-refractivity contribution < 1.29 is 5.11 Å². The molecule has 0 bridgehead atoms. The SMILES string of the molecule is Cc1ccc(-n2cc(CN3CCN(CC(C)(C)C)[C@H](CCO)C3)cn2)cc1. The Morgan fingerprint density at radius 2 is 1.89 bits per heavy atom. The minimum absolute atomic E-state index is 0.254. The summed E-state index contributed by atoms with van der Waals surface area (Å²) in [5.41, 5.74) is 3.88. The zero-order chi connectivity index (χ0) is 19.4. The summed E-state index contributed by atoms with van der Waals surface area (Å²) < 4.78 is 1.95. The Bertz CT molecular complexity index is 717. The van der Waals surface area contributed by atoms with Gasteiger partial charge in [0.1, 0.15) is 0 Å². The molecule has 1 fully saturated rings. The fraction of sp³-hybridized carbons (Fsp3) is 0.591. The summed E-state index contributed by atoms with van der Waals surface area (Å²) in [5.74, 6) is 0. The average Bonchev–Trinajstić information content (AvgIpc) is 3.05. The third kappa shape index (κ3) is 5.64. The fourth-order valence-corrected chi connectivity index (χ4v) is 3.88. The van der Waals surface area contributed by atoms with Crippen molar-refractivity contribution in [1.82, 2.24) is 19.6 Å². The molecule has 27 heavy (non-hydrogen) atoms. The van der Waals surface area contributed by atoms with E-state index in [2.05, 4.69) is 73.1 Å². The first-order chi connectivity index (χ1) is 12.8. The largest absolute Gasteiger partial charge is 0.396 e. The lowest BCUT2D eigenvalue weighted by Crippen LogP contribution is -2.54. The highest BCUT2D eigenvalue weighted by molar-refractivity contribution is 5.34. The van der Waals surface area contributed by atoms with E-state index in [9.17, 15) is 5.11 Å². The van der Waals surface area contributed by atoms with Gasteiger partial charge in [0, 0.05) is 57.1 Å². The molecule has 0 aliphatic carbocycles. The van der Waals surface area contributed by atoms with Gasteiger partial charge in [-0.15, -0.1) is 0 Å². The Kier molecular flexibility index (Phi) is 6.35. The summed E-state index contributed by atoms with van der Waals surface area (Å²) in [6, 6.07) is 8.87. The molecule has 5 heteroatoms. The second-order valence-corrected chi connectivity index (χ2v) is 9.06. The average molecular weight is 371 g/mol.